The van der Waals surface area contributed by atoms with Crippen LogP contribution in [0, 0.1) is 0 Å². The van der Waals surface area contributed by atoms with Gasteiger partial charge in [0.05, 0.1) is 11.5 Å². The predicted octanol–water partition coefficient (Wildman–Crippen LogP) is 2.27. The lowest BCUT2D eigenvalue weighted by Gasteiger charge is -2.07. The van der Waals surface area contributed by atoms with E-state index >= 15 is 0 Å². The van der Waals surface area contributed by atoms with Crippen molar-refractivity contribution in [3.8, 4) is 5.75 Å². The Morgan fingerprint density at radius 1 is 1.41 bits per heavy atom. The van der Waals surface area contributed by atoms with Gasteiger partial charge < -0.3 is 4.74 Å². The average molecular weight is 320 g/mol. The van der Waals surface area contributed by atoms with Crippen molar-refractivity contribution in [2.24, 2.45) is 0 Å². The van der Waals surface area contributed by atoms with Gasteiger partial charge in [0.15, 0.2) is 0 Å². The fraction of sp³-hybridized carbons (Fsp3) is 0.273. The number of hydrogen-bond donors (Lipinski definition) is 1. The quantitative estimate of drug-likeness (QED) is 0.875. The first-order chi connectivity index (χ1) is 7.95. The molecule has 0 aliphatic heterocycles. The molecule has 1 N–H and O–H groups in total. The van der Waals surface area contributed by atoms with Gasteiger partial charge in [0, 0.05) is 11.0 Å². The molecule has 0 fully saturated rings. The van der Waals surface area contributed by atoms with E-state index in [1.54, 1.807) is 12.1 Å². The van der Waals surface area contributed by atoms with Crippen molar-refractivity contribution >= 4 is 26.0 Å². The first kappa shape index (κ1) is 14.2. The minimum atomic E-state index is -3.48. The van der Waals surface area contributed by atoms with Gasteiger partial charge in [-0.25, -0.2) is 13.1 Å². The monoisotopic (exact) mass is 319 g/mol. The van der Waals surface area contributed by atoms with Crippen LogP contribution in [0.5, 0.6) is 5.75 Å². The van der Waals surface area contributed by atoms with Gasteiger partial charge in [0.2, 0.25) is 10.0 Å². The van der Waals surface area contributed by atoms with Crippen LogP contribution in [0.15, 0.2) is 40.2 Å². The zero-order valence-corrected chi connectivity index (χ0v) is 11.8. The van der Waals surface area contributed by atoms with Crippen LogP contribution in [0.25, 0.3) is 0 Å². The predicted molar refractivity (Wildman–Crippen MR) is 70.9 cm³/mol. The molecular formula is C11H14BrNO3S. The first-order valence-electron chi connectivity index (χ1n) is 5.01. The molecule has 0 unspecified atom stereocenters. The average Bonchev–Trinajstić information content (AvgIpc) is 2.28. The fourth-order valence-corrected chi connectivity index (χ4v) is 2.49. The highest BCUT2D eigenvalue weighted by atomic mass is 79.9. The van der Waals surface area contributed by atoms with Crippen molar-refractivity contribution in [2.45, 2.75) is 11.8 Å². The van der Waals surface area contributed by atoms with E-state index in [2.05, 4.69) is 27.2 Å². The maximum Gasteiger partial charge on any atom is 0.240 e. The minimum absolute atomic E-state index is 0.162. The summed E-state index contributed by atoms with van der Waals surface area (Å²) >= 11 is 3.09. The number of ether oxygens (including phenoxy) is 1. The molecule has 0 aromatic heterocycles. The summed E-state index contributed by atoms with van der Waals surface area (Å²) in [4.78, 5) is 0.203. The fourth-order valence-electron chi connectivity index (χ4n) is 1.14. The molecule has 0 heterocycles. The van der Waals surface area contributed by atoms with Crippen LogP contribution in [-0.4, -0.2) is 21.6 Å². The lowest BCUT2D eigenvalue weighted by Crippen LogP contribution is -2.24. The molecule has 17 heavy (non-hydrogen) atoms. The molecule has 94 valence electrons. The van der Waals surface area contributed by atoms with E-state index in [1.807, 2.05) is 6.92 Å². The van der Waals surface area contributed by atoms with Crippen molar-refractivity contribution < 1.29 is 13.2 Å². The molecule has 1 aromatic rings. The third kappa shape index (κ3) is 4.49. The Labute approximate surface area is 110 Å². The lowest BCUT2D eigenvalue weighted by atomic mass is 10.3. The van der Waals surface area contributed by atoms with Gasteiger partial charge in [-0.2, -0.15) is 0 Å². The molecule has 0 amide bonds. The van der Waals surface area contributed by atoms with Crippen LogP contribution in [-0.2, 0) is 10.0 Å². The maximum atomic E-state index is 11.8. The molecule has 0 saturated heterocycles. The van der Waals surface area contributed by atoms with Gasteiger partial charge in [-0.15, -0.1) is 0 Å². The van der Waals surface area contributed by atoms with E-state index in [9.17, 15) is 8.42 Å². The number of rotatable bonds is 6. The Balaban J connectivity index is 2.81. The van der Waals surface area contributed by atoms with Crippen molar-refractivity contribution in [2.75, 3.05) is 13.2 Å². The number of benzene rings is 1. The Bertz CT molecular complexity index is 482. The largest absolute Gasteiger partial charge is 0.494 e. The molecule has 0 atom stereocenters. The third-order valence-corrected chi connectivity index (χ3v) is 3.60. The van der Waals surface area contributed by atoms with Crippen LogP contribution >= 0.6 is 15.9 Å². The molecule has 0 saturated carbocycles. The smallest absolute Gasteiger partial charge is 0.240 e. The molecule has 0 aliphatic rings. The zero-order valence-electron chi connectivity index (χ0n) is 9.44. The summed E-state index contributed by atoms with van der Waals surface area (Å²) in [5.41, 5.74) is 0. The third-order valence-electron chi connectivity index (χ3n) is 1.90. The normalized spacial score (nSPS) is 11.2. The molecule has 0 aliphatic carbocycles. The summed E-state index contributed by atoms with van der Waals surface area (Å²) in [5, 5.41) is 0. The summed E-state index contributed by atoms with van der Waals surface area (Å²) in [6.07, 6.45) is 0. The van der Waals surface area contributed by atoms with E-state index in [0.717, 1.165) is 0 Å². The van der Waals surface area contributed by atoms with Crippen LogP contribution in [0.1, 0.15) is 6.92 Å². The van der Waals surface area contributed by atoms with E-state index in [-0.39, 0.29) is 11.4 Å². The lowest BCUT2D eigenvalue weighted by molar-refractivity contribution is 0.340. The molecule has 0 radical (unpaired) electrons. The van der Waals surface area contributed by atoms with Crippen molar-refractivity contribution in [3.05, 3.63) is 35.3 Å². The number of hydrogen-bond acceptors (Lipinski definition) is 3. The summed E-state index contributed by atoms with van der Waals surface area (Å²) < 4.78 is 31.8. The van der Waals surface area contributed by atoms with Crippen LogP contribution in [0.2, 0.25) is 0 Å². The zero-order chi connectivity index (χ0) is 12.9. The van der Waals surface area contributed by atoms with Crippen LogP contribution in [0.4, 0.5) is 0 Å². The van der Waals surface area contributed by atoms with Gasteiger partial charge in [-0.3, -0.25) is 0 Å². The first-order valence-corrected chi connectivity index (χ1v) is 7.29. The van der Waals surface area contributed by atoms with Gasteiger partial charge in [0.1, 0.15) is 5.75 Å². The highest BCUT2D eigenvalue weighted by Crippen LogP contribution is 2.16. The highest BCUT2D eigenvalue weighted by molar-refractivity contribution is 9.11. The van der Waals surface area contributed by atoms with E-state index < -0.39 is 10.0 Å². The van der Waals surface area contributed by atoms with Crippen molar-refractivity contribution in [1.29, 1.82) is 0 Å². The van der Waals surface area contributed by atoms with E-state index in [1.165, 1.54) is 12.1 Å². The molecular weight excluding hydrogens is 306 g/mol. The molecule has 1 aromatic carbocycles. The van der Waals surface area contributed by atoms with Crippen LogP contribution < -0.4 is 9.46 Å². The summed E-state index contributed by atoms with van der Waals surface area (Å²) in [6.45, 7) is 6.14. The molecule has 0 bridgehead atoms. The van der Waals surface area contributed by atoms with Gasteiger partial charge in [-0.05, 0) is 31.2 Å². The number of nitrogens with one attached hydrogen (secondary N) is 1. The van der Waals surface area contributed by atoms with Gasteiger partial charge >= 0.3 is 0 Å². The van der Waals surface area contributed by atoms with Gasteiger partial charge in [-0.1, -0.05) is 22.5 Å². The molecule has 6 heteroatoms. The molecule has 4 nitrogen and oxygen atoms in total. The number of halogens is 1. The second-order valence-corrected chi connectivity index (χ2v) is 6.13. The molecule has 0 spiro atoms. The topological polar surface area (TPSA) is 55.4 Å². The van der Waals surface area contributed by atoms with E-state index in [0.29, 0.717) is 16.8 Å². The summed E-state index contributed by atoms with van der Waals surface area (Å²) in [6, 6.07) is 6.26. The standard InChI is InChI=1S/C11H14BrNO3S/c1-3-16-10-4-6-11(7-5-10)17(14,15)13-8-9(2)12/h4-7,13H,2-3,8H2,1H3. The Hall–Kier alpha value is -0.850. The van der Waals surface area contributed by atoms with Crippen molar-refractivity contribution in [1.82, 2.24) is 4.72 Å². The second-order valence-electron chi connectivity index (χ2n) is 3.25. The van der Waals surface area contributed by atoms with E-state index in [4.69, 9.17) is 4.74 Å². The summed E-state index contributed by atoms with van der Waals surface area (Å²) in [5.74, 6) is 0.649. The Morgan fingerprint density at radius 2 is 2.00 bits per heavy atom. The van der Waals surface area contributed by atoms with Crippen molar-refractivity contribution in [3.63, 3.8) is 0 Å². The minimum Gasteiger partial charge on any atom is -0.494 e. The maximum absolute atomic E-state index is 11.8. The second kappa shape index (κ2) is 6.18. The van der Waals surface area contributed by atoms with Crippen LogP contribution in [0.3, 0.4) is 0 Å². The Morgan fingerprint density at radius 3 is 2.47 bits per heavy atom. The van der Waals surface area contributed by atoms with Gasteiger partial charge in [0.25, 0.3) is 0 Å². The Kier molecular flexibility index (Phi) is 5.17. The summed E-state index contributed by atoms with van der Waals surface area (Å²) in [7, 11) is -3.48. The highest BCUT2D eigenvalue weighted by Gasteiger charge is 2.13. The SMILES string of the molecule is C=C(Br)CNS(=O)(=O)c1ccc(OCC)cc1. The molecule has 1 rings (SSSR count). The number of sulfonamides is 1.